The summed E-state index contributed by atoms with van der Waals surface area (Å²) in [5.74, 6) is 3.14. The summed E-state index contributed by atoms with van der Waals surface area (Å²) in [7, 11) is 0. The van der Waals surface area contributed by atoms with Gasteiger partial charge in [-0.3, -0.25) is 4.79 Å². The maximum absolute atomic E-state index is 12.8. The van der Waals surface area contributed by atoms with Crippen LogP contribution in [0, 0.1) is 23.7 Å². The molecule has 0 aromatic heterocycles. The van der Waals surface area contributed by atoms with Crippen LogP contribution in [0.15, 0.2) is 0 Å². The third-order valence-electron chi connectivity index (χ3n) is 8.42. The number of carbonyl (C=O) groups excluding carboxylic acids is 2. The molecule has 6 fully saturated rings. The van der Waals surface area contributed by atoms with Gasteiger partial charge in [-0.1, -0.05) is 19.3 Å². The van der Waals surface area contributed by atoms with Crippen molar-refractivity contribution < 1.29 is 9.59 Å². The van der Waals surface area contributed by atoms with Gasteiger partial charge < -0.3 is 15.5 Å². The van der Waals surface area contributed by atoms with Crippen LogP contribution in [0.5, 0.6) is 0 Å². The second-order valence-corrected chi connectivity index (χ2v) is 10.8. The summed E-state index contributed by atoms with van der Waals surface area (Å²) in [6.07, 6.45) is 15.4. The Bertz CT molecular complexity index is 578. The molecule has 6 rings (SSSR count). The fraction of sp³-hybridized carbons (Fsp3) is 0.913. The lowest BCUT2D eigenvalue weighted by molar-refractivity contribution is -0.127. The predicted molar refractivity (Wildman–Crippen MR) is 109 cm³/mol. The van der Waals surface area contributed by atoms with Gasteiger partial charge in [0.15, 0.2) is 0 Å². The minimum absolute atomic E-state index is 0.0934. The van der Waals surface area contributed by atoms with Crippen LogP contribution in [0.3, 0.4) is 0 Å². The highest BCUT2D eigenvalue weighted by Crippen LogP contribution is 2.55. The number of likely N-dealkylation sites (tertiary alicyclic amines) is 1. The molecular weight excluding hydrogens is 350 g/mol. The number of carbonyl (C=O) groups is 2. The van der Waals surface area contributed by atoms with Gasteiger partial charge in [0.25, 0.3) is 0 Å². The molecule has 2 N–H and O–H groups in total. The maximum atomic E-state index is 12.8. The van der Waals surface area contributed by atoms with E-state index in [9.17, 15) is 9.59 Å². The zero-order valence-corrected chi connectivity index (χ0v) is 17.3. The van der Waals surface area contributed by atoms with E-state index < -0.39 is 0 Å². The summed E-state index contributed by atoms with van der Waals surface area (Å²) < 4.78 is 0. The van der Waals surface area contributed by atoms with E-state index in [1.165, 1.54) is 57.8 Å². The number of amides is 3. The van der Waals surface area contributed by atoms with Crippen molar-refractivity contribution in [2.24, 2.45) is 23.7 Å². The van der Waals surface area contributed by atoms with Gasteiger partial charge in [-0.15, -0.1) is 0 Å². The average Bonchev–Trinajstić information content (AvgIpc) is 3.09. The molecule has 6 aliphatic rings. The lowest BCUT2D eigenvalue weighted by Gasteiger charge is -2.57. The van der Waals surface area contributed by atoms with Crippen molar-refractivity contribution in [3.63, 3.8) is 0 Å². The molecule has 1 heterocycles. The van der Waals surface area contributed by atoms with Gasteiger partial charge >= 0.3 is 6.03 Å². The van der Waals surface area contributed by atoms with Crippen LogP contribution in [0.1, 0.15) is 83.5 Å². The van der Waals surface area contributed by atoms with E-state index in [-0.39, 0.29) is 17.5 Å². The van der Waals surface area contributed by atoms with Crippen molar-refractivity contribution in [3.8, 4) is 0 Å². The maximum Gasteiger partial charge on any atom is 0.317 e. The van der Waals surface area contributed by atoms with Crippen LogP contribution >= 0.6 is 0 Å². The van der Waals surface area contributed by atoms with Gasteiger partial charge in [0.1, 0.15) is 0 Å². The minimum atomic E-state index is 0.0934. The topological polar surface area (TPSA) is 61.4 Å². The molecule has 0 radical (unpaired) electrons. The average molecular weight is 388 g/mol. The zero-order valence-electron chi connectivity index (χ0n) is 17.3. The Kier molecular flexibility index (Phi) is 5.04. The first kappa shape index (κ1) is 18.7. The van der Waals surface area contributed by atoms with Crippen molar-refractivity contribution in [1.82, 2.24) is 15.5 Å². The first-order valence-corrected chi connectivity index (χ1v) is 11.9. The summed E-state index contributed by atoms with van der Waals surface area (Å²) in [5, 5.41) is 6.73. The van der Waals surface area contributed by atoms with Crippen molar-refractivity contribution >= 4 is 11.9 Å². The molecule has 5 heteroatoms. The van der Waals surface area contributed by atoms with Crippen LogP contribution < -0.4 is 10.6 Å². The molecule has 4 bridgehead atoms. The highest BCUT2D eigenvalue weighted by molar-refractivity contribution is 5.78. The van der Waals surface area contributed by atoms with E-state index in [1.54, 1.807) is 0 Å². The molecule has 28 heavy (non-hydrogen) atoms. The summed E-state index contributed by atoms with van der Waals surface area (Å²) in [4.78, 5) is 27.3. The summed E-state index contributed by atoms with van der Waals surface area (Å²) in [5.41, 5.74) is 0.114. The largest absolute Gasteiger partial charge is 0.351 e. The van der Waals surface area contributed by atoms with E-state index in [2.05, 4.69) is 10.6 Å². The summed E-state index contributed by atoms with van der Waals surface area (Å²) >= 11 is 0. The van der Waals surface area contributed by atoms with Crippen LogP contribution in [0.4, 0.5) is 4.79 Å². The fourth-order valence-electron chi connectivity index (χ4n) is 7.57. The first-order chi connectivity index (χ1) is 13.6. The number of hydrogen-bond acceptors (Lipinski definition) is 2. The van der Waals surface area contributed by atoms with Gasteiger partial charge in [-0.25, -0.2) is 4.79 Å². The molecule has 5 aliphatic carbocycles. The third kappa shape index (κ3) is 3.91. The predicted octanol–water partition coefficient (Wildman–Crippen LogP) is 3.83. The van der Waals surface area contributed by atoms with Crippen molar-refractivity contribution in [2.45, 2.75) is 95.1 Å². The van der Waals surface area contributed by atoms with Gasteiger partial charge in [0, 0.05) is 31.1 Å². The SMILES string of the molecule is O=C(CC1CCN(C(=O)NC2CCCCC2)C1)NC12CC3CC(CC(C3)C1)C2. The highest BCUT2D eigenvalue weighted by Gasteiger charge is 2.51. The molecule has 156 valence electrons. The van der Waals surface area contributed by atoms with Crippen molar-refractivity contribution in [3.05, 3.63) is 0 Å². The van der Waals surface area contributed by atoms with Gasteiger partial charge in [0.05, 0.1) is 0 Å². The van der Waals surface area contributed by atoms with Crippen molar-refractivity contribution in [2.75, 3.05) is 13.1 Å². The monoisotopic (exact) mass is 387 g/mol. The zero-order chi connectivity index (χ0) is 19.1. The Morgan fingerprint density at radius 2 is 1.54 bits per heavy atom. The Hall–Kier alpha value is -1.26. The molecule has 5 saturated carbocycles. The van der Waals surface area contributed by atoms with Gasteiger partial charge in [0.2, 0.25) is 5.91 Å². The quantitative estimate of drug-likeness (QED) is 0.770. The number of rotatable bonds is 4. The Balaban J connectivity index is 1.09. The smallest absolute Gasteiger partial charge is 0.317 e. The van der Waals surface area contributed by atoms with E-state index in [0.29, 0.717) is 18.4 Å². The Morgan fingerprint density at radius 3 is 2.18 bits per heavy atom. The number of nitrogens with zero attached hydrogens (tertiary/aromatic N) is 1. The van der Waals surface area contributed by atoms with Crippen LogP contribution in [-0.4, -0.2) is 41.5 Å². The molecule has 0 spiro atoms. The van der Waals surface area contributed by atoms with Gasteiger partial charge in [-0.05, 0) is 81.5 Å². The number of hydrogen-bond donors (Lipinski definition) is 2. The fourth-order valence-corrected chi connectivity index (χ4v) is 7.57. The standard InChI is InChI=1S/C23H37N3O2/c27-21(25-23-12-17-8-18(13-23)10-19(9-17)14-23)11-16-6-7-26(15-16)22(28)24-20-4-2-1-3-5-20/h16-20H,1-15H2,(H,24,28)(H,25,27). The van der Waals surface area contributed by atoms with E-state index in [1.807, 2.05) is 4.90 Å². The molecule has 0 aromatic rings. The molecule has 1 unspecified atom stereocenters. The summed E-state index contributed by atoms with van der Waals surface area (Å²) in [6, 6.07) is 0.454. The number of urea groups is 1. The molecular formula is C23H37N3O2. The molecule has 1 saturated heterocycles. The van der Waals surface area contributed by atoms with Gasteiger partial charge in [-0.2, -0.15) is 0 Å². The number of nitrogens with one attached hydrogen (secondary N) is 2. The lowest BCUT2D eigenvalue weighted by atomic mass is 9.53. The van der Waals surface area contributed by atoms with Crippen molar-refractivity contribution in [1.29, 1.82) is 0 Å². The third-order valence-corrected chi connectivity index (χ3v) is 8.42. The molecule has 1 atom stereocenters. The van der Waals surface area contributed by atoms with E-state index >= 15 is 0 Å². The normalized spacial score (nSPS) is 39.9. The van der Waals surface area contributed by atoms with E-state index in [0.717, 1.165) is 50.1 Å². The van der Waals surface area contributed by atoms with E-state index in [4.69, 9.17) is 0 Å². The molecule has 1 aliphatic heterocycles. The minimum Gasteiger partial charge on any atom is -0.351 e. The molecule has 0 aromatic carbocycles. The Labute approximate surface area is 169 Å². The molecule has 3 amide bonds. The highest BCUT2D eigenvalue weighted by atomic mass is 16.2. The lowest BCUT2D eigenvalue weighted by Crippen LogP contribution is -2.60. The molecule has 5 nitrogen and oxygen atoms in total. The second kappa shape index (κ2) is 7.53. The van der Waals surface area contributed by atoms with Crippen LogP contribution in [0.25, 0.3) is 0 Å². The first-order valence-electron chi connectivity index (χ1n) is 11.9. The van der Waals surface area contributed by atoms with Crippen LogP contribution in [-0.2, 0) is 4.79 Å². The Morgan fingerprint density at radius 1 is 0.893 bits per heavy atom. The summed E-state index contributed by atoms with van der Waals surface area (Å²) in [6.45, 7) is 1.54. The second-order valence-electron chi connectivity index (χ2n) is 10.8. The van der Waals surface area contributed by atoms with Crippen LogP contribution in [0.2, 0.25) is 0 Å².